The maximum absolute atomic E-state index is 4.66. The number of nitrogens with one attached hydrogen (secondary N) is 1. The van der Waals surface area contributed by atoms with Gasteiger partial charge in [0.2, 0.25) is 0 Å². The zero-order valence-electron chi connectivity index (χ0n) is 9.41. The number of pyridine rings is 1. The van der Waals surface area contributed by atoms with Gasteiger partial charge in [-0.15, -0.1) is 0 Å². The number of rotatable bonds is 2. The van der Waals surface area contributed by atoms with Gasteiger partial charge in [-0.25, -0.2) is 0 Å². The van der Waals surface area contributed by atoms with Crippen LogP contribution in [-0.2, 0) is 5.54 Å². The fourth-order valence-corrected chi connectivity index (χ4v) is 1.54. The Hall–Kier alpha value is -1.41. The number of hydrogen-bond donors (Lipinski definition) is 1. The summed E-state index contributed by atoms with van der Waals surface area (Å²) in [7, 11) is 1.96. The highest BCUT2D eigenvalue weighted by atomic mass is 15.0. The molecule has 2 heteroatoms. The van der Waals surface area contributed by atoms with Gasteiger partial charge in [-0.05, 0) is 33.0 Å². The molecule has 1 N–H and O–H groups in total. The van der Waals surface area contributed by atoms with Gasteiger partial charge in [0.25, 0.3) is 0 Å². The van der Waals surface area contributed by atoms with Gasteiger partial charge < -0.3 is 5.32 Å². The van der Waals surface area contributed by atoms with E-state index >= 15 is 0 Å². The van der Waals surface area contributed by atoms with E-state index in [9.17, 15) is 0 Å². The van der Waals surface area contributed by atoms with Crippen LogP contribution in [0.5, 0.6) is 0 Å². The van der Waals surface area contributed by atoms with Crippen molar-refractivity contribution >= 4 is 10.9 Å². The van der Waals surface area contributed by atoms with E-state index in [4.69, 9.17) is 0 Å². The lowest BCUT2D eigenvalue weighted by Gasteiger charge is -2.23. The van der Waals surface area contributed by atoms with Gasteiger partial charge in [0, 0.05) is 5.39 Å². The zero-order chi connectivity index (χ0) is 10.9. The van der Waals surface area contributed by atoms with E-state index in [1.54, 1.807) is 0 Å². The van der Waals surface area contributed by atoms with E-state index in [1.165, 1.54) is 5.39 Å². The van der Waals surface area contributed by atoms with Crippen molar-refractivity contribution in [3.05, 3.63) is 42.1 Å². The summed E-state index contributed by atoms with van der Waals surface area (Å²) in [5.41, 5.74) is 2.05. The fourth-order valence-electron chi connectivity index (χ4n) is 1.54. The van der Waals surface area contributed by atoms with E-state index in [1.807, 2.05) is 25.2 Å². The summed E-state index contributed by atoms with van der Waals surface area (Å²) in [5, 5.41) is 4.45. The maximum Gasteiger partial charge on any atom is 0.0706 e. The maximum atomic E-state index is 4.66. The molecule has 1 aromatic carbocycles. The lowest BCUT2D eigenvalue weighted by atomic mass is 9.99. The summed E-state index contributed by atoms with van der Waals surface area (Å²) in [6.07, 6.45) is 0. The number of nitrogens with zero attached hydrogens (tertiary/aromatic N) is 1. The minimum absolute atomic E-state index is 0.0793. The van der Waals surface area contributed by atoms with Crippen molar-refractivity contribution in [2.75, 3.05) is 7.05 Å². The Morgan fingerprint density at radius 3 is 2.53 bits per heavy atom. The molecule has 15 heavy (non-hydrogen) atoms. The predicted molar refractivity (Wildman–Crippen MR) is 63.8 cm³/mol. The standard InChI is InChI=1S/C13H16N2/c1-13(2,14-3)12-9-8-10-6-4-5-7-11(10)15-12/h4-9,14H,1-3H3. The lowest BCUT2D eigenvalue weighted by Crippen LogP contribution is -2.34. The van der Waals surface area contributed by atoms with Crippen LogP contribution in [0.3, 0.4) is 0 Å². The van der Waals surface area contributed by atoms with E-state index in [0.717, 1.165) is 11.2 Å². The molecule has 0 radical (unpaired) electrons. The summed E-state index contributed by atoms with van der Waals surface area (Å²) >= 11 is 0. The highest BCUT2D eigenvalue weighted by Gasteiger charge is 2.19. The Kier molecular flexibility index (Phi) is 2.45. The molecule has 0 saturated heterocycles. The van der Waals surface area contributed by atoms with E-state index < -0.39 is 0 Å². The van der Waals surface area contributed by atoms with Gasteiger partial charge in [-0.1, -0.05) is 24.3 Å². The molecule has 0 bridgehead atoms. The Labute approximate surface area is 90.3 Å². The van der Waals surface area contributed by atoms with Gasteiger partial charge in [-0.3, -0.25) is 4.98 Å². The Morgan fingerprint density at radius 1 is 1.07 bits per heavy atom. The average molecular weight is 200 g/mol. The van der Waals surface area contributed by atoms with Crippen molar-refractivity contribution in [1.29, 1.82) is 0 Å². The molecule has 0 atom stereocenters. The van der Waals surface area contributed by atoms with Crippen LogP contribution in [-0.4, -0.2) is 12.0 Å². The second-order valence-corrected chi connectivity index (χ2v) is 4.26. The first-order valence-corrected chi connectivity index (χ1v) is 5.19. The third-order valence-electron chi connectivity index (χ3n) is 2.86. The second-order valence-electron chi connectivity index (χ2n) is 4.26. The molecule has 1 aromatic heterocycles. The number of hydrogen-bond acceptors (Lipinski definition) is 2. The van der Waals surface area contributed by atoms with E-state index in [2.05, 4.69) is 42.3 Å². The molecule has 2 nitrogen and oxygen atoms in total. The smallest absolute Gasteiger partial charge is 0.0706 e. The first-order chi connectivity index (χ1) is 7.13. The highest BCUT2D eigenvalue weighted by Crippen LogP contribution is 2.20. The molecule has 0 amide bonds. The number of benzene rings is 1. The van der Waals surface area contributed by atoms with Gasteiger partial charge in [0.1, 0.15) is 0 Å². The Bertz CT molecular complexity index is 475. The molecule has 2 rings (SSSR count). The van der Waals surface area contributed by atoms with E-state index in [0.29, 0.717) is 0 Å². The third-order valence-corrected chi connectivity index (χ3v) is 2.86. The summed E-state index contributed by atoms with van der Waals surface area (Å²) in [5.74, 6) is 0. The van der Waals surface area contributed by atoms with Crippen LogP contribution in [0.1, 0.15) is 19.5 Å². The van der Waals surface area contributed by atoms with Crippen molar-refractivity contribution in [3.8, 4) is 0 Å². The van der Waals surface area contributed by atoms with Gasteiger partial charge >= 0.3 is 0 Å². The minimum Gasteiger partial charge on any atom is -0.310 e. The molecular weight excluding hydrogens is 184 g/mol. The first kappa shape index (κ1) is 10.1. The molecule has 2 aromatic rings. The quantitative estimate of drug-likeness (QED) is 0.806. The van der Waals surface area contributed by atoms with Crippen molar-refractivity contribution in [3.63, 3.8) is 0 Å². The molecule has 0 aliphatic carbocycles. The number of para-hydroxylation sites is 1. The summed E-state index contributed by atoms with van der Waals surface area (Å²) in [6.45, 7) is 4.26. The summed E-state index contributed by atoms with van der Waals surface area (Å²) in [6, 6.07) is 12.4. The molecule has 0 spiro atoms. The summed E-state index contributed by atoms with van der Waals surface area (Å²) < 4.78 is 0. The molecule has 0 aliphatic heterocycles. The highest BCUT2D eigenvalue weighted by molar-refractivity contribution is 5.78. The topological polar surface area (TPSA) is 24.9 Å². The van der Waals surface area contributed by atoms with Crippen LogP contribution in [0.25, 0.3) is 10.9 Å². The predicted octanol–water partition coefficient (Wildman–Crippen LogP) is 2.69. The number of aromatic nitrogens is 1. The van der Waals surface area contributed by atoms with Crippen LogP contribution in [0.4, 0.5) is 0 Å². The Balaban J connectivity index is 2.56. The van der Waals surface area contributed by atoms with Crippen LogP contribution in [0.2, 0.25) is 0 Å². The fraction of sp³-hybridized carbons (Fsp3) is 0.308. The van der Waals surface area contributed by atoms with Gasteiger partial charge in [-0.2, -0.15) is 0 Å². The first-order valence-electron chi connectivity index (χ1n) is 5.19. The zero-order valence-corrected chi connectivity index (χ0v) is 9.41. The average Bonchev–Trinajstić information content (AvgIpc) is 2.28. The largest absolute Gasteiger partial charge is 0.310 e. The SMILES string of the molecule is CNC(C)(C)c1ccc2ccccc2n1. The van der Waals surface area contributed by atoms with Crippen LogP contribution >= 0.6 is 0 Å². The second kappa shape index (κ2) is 3.63. The van der Waals surface area contributed by atoms with Crippen molar-refractivity contribution < 1.29 is 0 Å². The third kappa shape index (κ3) is 1.85. The van der Waals surface area contributed by atoms with Crippen LogP contribution in [0, 0.1) is 0 Å². The van der Waals surface area contributed by atoms with E-state index in [-0.39, 0.29) is 5.54 Å². The van der Waals surface area contributed by atoms with Gasteiger partial charge in [0.15, 0.2) is 0 Å². The van der Waals surface area contributed by atoms with Crippen molar-refractivity contribution in [1.82, 2.24) is 10.3 Å². The van der Waals surface area contributed by atoms with Crippen molar-refractivity contribution in [2.45, 2.75) is 19.4 Å². The molecule has 78 valence electrons. The normalized spacial score (nSPS) is 11.9. The monoisotopic (exact) mass is 200 g/mol. The molecule has 0 fully saturated rings. The molecule has 0 aliphatic rings. The molecular formula is C13H16N2. The Morgan fingerprint density at radius 2 is 1.80 bits per heavy atom. The van der Waals surface area contributed by atoms with Gasteiger partial charge in [0.05, 0.1) is 16.7 Å². The minimum atomic E-state index is -0.0793. The molecule has 1 heterocycles. The molecule has 0 unspecified atom stereocenters. The van der Waals surface area contributed by atoms with Crippen LogP contribution < -0.4 is 5.32 Å². The number of fused-ring (bicyclic) bond motifs is 1. The van der Waals surface area contributed by atoms with Crippen LogP contribution in [0.15, 0.2) is 36.4 Å². The molecule has 0 saturated carbocycles. The lowest BCUT2D eigenvalue weighted by molar-refractivity contribution is 0.433. The van der Waals surface area contributed by atoms with Crippen molar-refractivity contribution in [2.24, 2.45) is 0 Å². The summed E-state index contributed by atoms with van der Waals surface area (Å²) in [4.78, 5) is 4.66.